The quantitative estimate of drug-likeness (QED) is 0.470. The van der Waals surface area contributed by atoms with Crippen LogP contribution in [0.4, 0.5) is 0 Å². The molecule has 0 aromatic carbocycles. The summed E-state index contributed by atoms with van der Waals surface area (Å²) in [5.74, 6) is 0. The first-order valence-electron chi connectivity index (χ1n) is 6.72. The Morgan fingerprint density at radius 1 is 0.625 bits per heavy atom. The molecule has 3 unspecified atom stereocenters. The predicted octanol–water partition coefficient (Wildman–Crippen LogP) is 4.64. The van der Waals surface area contributed by atoms with Gasteiger partial charge < -0.3 is 0 Å². The zero-order valence-electron chi connectivity index (χ0n) is 9.89. The molecule has 0 fully saturated rings. The summed E-state index contributed by atoms with van der Waals surface area (Å²) in [5, 5.41) is 0. The maximum absolute atomic E-state index is 2.59. The Kier molecular flexibility index (Phi) is 3.62. The summed E-state index contributed by atoms with van der Waals surface area (Å²) < 4.78 is 3.20. The van der Waals surface area contributed by atoms with Crippen molar-refractivity contribution < 1.29 is 0 Å². The summed E-state index contributed by atoms with van der Waals surface area (Å²) in [4.78, 5) is 0. The molecule has 3 atom stereocenters. The molecule has 86 valence electrons. The number of rotatable bonds is 3. The van der Waals surface area contributed by atoms with Crippen molar-refractivity contribution in [3.05, 3.63) is 36.5 Å². The van der Waals surface area contributed by atoms with Gasteiger partial charge >= 0.3 is 108 Å². The third-order valence-corrected chi connectivity index (χ3v) is 18.1. The monoisotopic (exact) mass is 410 g/mol. The summed E-state index contributed by atoms with van der Waals surface area (Å²) in [7, 11) is 0. The predicted molar refractivity (Wildman–Crippen MR) is 72.1 cm³/mol. The van der Waals surface area contributed by atoms with E-state index in [0.717, 1.165) is 10.9 Å². The zero-order chi connectivity index (χ0) is 10.8. The molecular formula is C15H21Bi. The third kappa shape index (κ3) is 2.21. The first-order valence-corrected chi connectivity index (χ1v) is 12.7. The normalized spacial score (nSPS) is 36.9. The Morgan fingerprint density at radius 3 is 1.25 bits per heavy atom. The molecular weight excluding hydrogens is 389 g/mol. The van der Waals surface area contributed by atoms with E-state index >= 15 is 0 Å². The van der Waals surface area contributed by atoms with Crippen LogP contribution in [0.15, 0.2) is 36.5 Å². The SMILES string of the molecule is C1=C[CH]([Bi]([CH]2C=CCC2)[CH]2C=CCC2)CC1. The van der Waals surface area contributed by atoms with Crippen LogP contribution in [0.25, 0.3) is 0 Å². The van der Waals surface area contributed by atoms with Crippen molar-refractivity contribution in [1.29, 1.82) is 0 Å². The molecule has 0 radical (unpaired) electrons. The molecule has 0 aromatic heterocycles. The Morgan fingerprint density at radius 2 is 1.00 bits per heavy atom. The second-order valence-corrected chi connectivity index (χ2v) is 16.4. The van der Waals surface area contributed by atoms with Gasteiger partial charge in [0.05, 0.1) is 0 Å². The van der Waals surface area contributed by atoms with Gasteiger partial charge in [-0.25, -0.2) is 0 Å². The van der Waals surface area contributed by atoms with E-state index in [0.29, 0.717) is 0 Å². The summed E-state index contributed by atoms with van der Waals surface area (Å²) in [6.07, 6.45) is 23.7. The minimum absolute atomic E-state index is 1.07. The van der Waals surface area contributed by atoms with E-state index in [4.69, 9.17) is 0 Å². The van der Waals surface area contributed by atoms with E-state index in [-0.39, 0.29) is 0 Å². The molecule has 0 heterocycles. The van der Waals surface area contributed by atoms with Crippen molar-refractivity contribution >= 4 is 21.8 Å². The van der Waals surface area contributed by atoms with E-state index < -0.39 is 21.8 Å². The molecule has 0 amide bonds. The molecule has 3 aliphatic carbocycles. The standard InChI is InChI=1S/3C5H7.Bi/c3*1-2-4-5-3-1;/h3*1-3H,4-5H2;. The van der Waals surface area contributed by atoms with Gasteiger partial charge in [-0.3, -0.25) is 0 Å². The van der Waals surface area contributed by atoms with Gasteiger partial charge in [-0.1, -0.05) is 0 Å². The second kappa shape index (κ2) is 5.17. The van der Waals surface area contributed by atoms with Crippen LogP contribution < -0.4 is 0 Å². The van der Waals surface area contributed by atoms with Crippen molar-refractivity contribution in [3.63, 3.8) is 0 Å². The second-order valence-electron chi connectivity index (χ2n) is 5.17. The van der Waals surface area contributed by atoms with Gasteiger partial charge in [-0.2, -0.15) is 0 Å². The van der Waals surface area contributed by atoms with E-state index in [9.17, 15) is 0 Å². The van der Waals surface area contributed by atoms with Crippen LogP contribution in [0, 0.1) is 0 Å². The van der Waals surface area contributed by atoms with Crippen molar-refractivity contribution in [2.75, 3.05) is 0 Å². The van der Waals surface area contributed by atoms with Crippen molar-refractivity contribution in [1.82, 2.24) is 0 Å². The molecule has 3 aliphatic rings. The van der Waals surface area contributed by atoms with Gasteiger partial charge in [-0.05, 0) is 0 Å². The number of hydrogen-bond donors (Lipinski definition) is 0. The average Bonchev–Trinajstić information content (AvgIpc) is 3.02. The van der Waals surface area contributed by atoms with E-state index in [1.807, 2.05) is 0 Å². The van der Waals surface area contributed by atoms with Crippen LogP contribution in [-0.4, -0.2) is 21.8 Å². The number of hydrogen-bond acceptors (Lipinski definition) is 0. The molecule has 3 rings (SSSR count). The fraction of sp³-hybridized carbons (Fsp3) is 0.600. The molecule has 1 heteroatoms. The Balaban J connectivity index is 1.78. The molecule has 16 heavy (non-hydrogen) atoms. The molecule has 0 N–H and O–H groups in total. The van der Waals surface area contributed by atoms with Gasteiger partial charge in [-0.15, -0.1) is 0 Å². The summed E-state index contributed by atoms with van der Waals surface area (Å²) in [6, 6.07) is 0. The topological polar surface area (TPSA) is 0 Å². The molecule has 0 bridgehead atoms. The van der Waals surface area contributed by atoms with Crippen LogP contribution in [0.2, 0.25) is 10.9 Å². The van der Waals surface area contributed by atoms with E-state index in [2.05, 4.69) is 36.5 Å². The van der Waals surface area contributed by atoms with Crippen LogP contribution >= 0.6 is 0 Å². The summed E-state index contributed by atoms with van der Waals surface area (Å²) in [5.41, 5.74) is 0. The Labute approximate surface area is 107 Å². The minimum atomic E-state index is -1.38. The molecule has 0 spiro atoms. The molecule has 0 aliphatic heterocycles. The van der Waals surface area contributed by atoms with Gasteiger partial charge in [0, 0.05) is 0 Å². The first kappa shape index (κ1) is 11.2. The van der Waals surface area contributed by atoms with Crippen LogP contribution in [0.5, 0.6) is 0 Å². The summed E-state index contributed by atoms with van der Waals surface area (Å²) >= 11 is -1.38. The van der Waals surface area contributed by atoms with Gasteiger partial charge in [0.1, 0.15) is 0 Å². The third-order valence-electron chi connectivity index (χ3n) is 4.11. The van der Waals surface area contributed by atoms with Gasteiger partial charge in [0.15, 0.2) is 0 Å². The molecule has 0 saturated carbocycles. The van der Waals surface area contributed by atoms with Crippen molar-refractivity contribution in [2.45, 2.75) is 49.4 Å². The molecule has 0 saturated heterocycles. The zero-order valence-corrected chi connectivity index (χ0v) is 13.4. The Bertz CT molecular complexity index is 274. The van der Waals surface area contributed by atoms with Crippen molar-refractivity contribution in [2.24, 2.45) is 0 Å². The molecule has 0 nitrogen and oxygen atoms in total. The van der Waals surface area contributed by atoms with Crippen molar-refractivity contribution in [3.8, 4) is 0 Å². The number of allylic oxidation sites excluding steroid dienone is 6. The fourth-order valence-electron chi connectivity index (χ4n) is 3.33. The maximum atomic E-state index is 2.59. The van der Waals surface area contributed by atoms with E-state index in [1.165, 1.54) is 38.5 Å². The average molecular weight is 410 g/mol. The van der Waals surface area contributed by atoms with Gasteiger partial charge in [0.2, 0.25) is 0 Å². The summed E-state index contributed by atoms with van der Waals surface area (Å²) in [6.45, 7) is 0. The van der Waals surface area contributed by atoms with E-state index in [1.54, 1.807) is 0 Å². The van der Waals surface area contributed by atoms with Crippen LogP contribution in [0.1, 0.15) is 38.5 Å². The molecule has 0 aromatic rings. The Hall–Kier alpha value is 0.103. The van der Waals surface area contributed by atoms with Crippen LogP contribution in [-0.2, 0) is 0 Å². The first-order chi connectivity index (χ1) is 7.95. The van der Waals surface area contributed by atoms with Crippen LogP contribution in [0.3, 0.4) is 0 Å². The van der Waals surface area contributed by atoms with Gasteiger partial charge in [0.25, 0.3) is 0 Å². The fourth-order valence-corrected chi connectivity index (χ4v) is 18.0.